The second-order valence-electron chi connectivity index (χ2n) is 3.18. The third kappa shape index (κ3) is 7.56. The Balaban J connectivity index is 0.00000256. The van der Waals surface area contributed by atoms with E-state index in [2.05, 4.69) is 32.5 Å². The van der Waals surface area contributed by atoms with Gasteiger partial charge in [-0.2, -0.15) is 11.3 Å². The van der Waals surface area contributed by atoms with E-state index in [1.54, 1.807) is 18.4 Å². The summed E-state index contributed by atoms with van der Waals surface area (Å²) in [5.74, 6) is 0.811. The first-order chi connectivity index (χ1) is 7.86. The highest BCUT2D eigenvalue weighted by Gasteiger charge is 1.97. The lowest BCUT2D eigenvalue weighted by Crippen LogP contribution is -2.38. The summed E-state index contributed by atoms with van der Waals surface area (Å²) in [6.07, 6.45) is 0. The Morgan fingerprint density at radius 1 is 1.47 bits per heavy atom. The highest BCUT2D eigenvalue weighted by Crippen LogP contribution is 2.04. The van der Waals surface area contributed by atoms with Gasteiger partial charge >= 0.3 is 0 Å². The van der Waals surface area contributed by atoms with Crippen LogP contribution in [0.25, 0.3) is 0 Å². The first kappa shape index (κ1) is 16.7. The first-order valence-corrected chi connectivity index (χ1v) is 6.34. The van der Waals surface area contributed by atoms with E-state index in [9.17, 15) is 0 Å². The van der Waals surface area contributed by atoms with E-state index in [-0.39, 0.29) is 24.0 Å². The molecule has 0 aliphatic carbocycles. The molecule has 1 aromatic heterocycles. The van der Waals surface area contributed by atoms with E-state index >= 15 is 0 Å². The normalized spacial score (nSPS) is 10.8. The molecule has 2 N–H and O–H groups in total. The second kappa shape index (κ2) is 10.8. The number of halogens is 1. The molecule has 1 heterocycles. The van der Waals surface area contributed by atoms with Crippen molar-refractivity contribution in [3.63, 3.8) is 0 Å². The smallest absolute Gasteiger partial charge is 0.191 e. The maximum absolute atomic E-state index is 5.24. The largest absolute Gasteiger partial charge is 0.380 e. The molecule has 0 aromatic carbocycles. The molecule has 0 fully saturated rings. The van der Waals surface area contributed by atoms with Gasteiger partial charge in [-0.15, -0.1) is 24.0 Å². The Morgan fingerprint density at radius 3 is 2.88 bits per heavy atom. The van der Waals surface area contributed by atoms with Crippen molar-refractivity contribution in [3.8, 4) is 0 Å². The summed E-state index contributed by atoms with van der Waals surface area (Å²) in [6.45, 7) is 5.02. The molecule has 17 heavy (non-hydrogen) atoms. The molecular formula is C11H20IN3OS. The Hall–Kier alpha value is -0.340. The van der Waals surface area contributed by atoms with Crippen molar-refractivity contribution in [1.29, 1.82) is 0 Å². The van der Waals surface area contributed by atoms with Gasteiger partial charge in [-0.3, -0.25) is 4.99 Å². The highest BCUT2D eigenvalue weighted by molar-refractivity contribution is 14.0. The van der Waals surface area contributed by atoms with Crippen LogP contribution in [-0.2, 0) is 11.3 Å². The molecule has 0 spiro atoms. The van der Waals surface area contributed by atoms with Gasteiger partial charge in [-0.05, 0) is 29.3 Å². The number of guanidine groups is 1. The minimum Gasteiger partial charge on any atom is -0.380 e. The zero-order valence-corrected chi connectivity index (χ0v) is 13.4. The maximum Gasteiger partial charge on any atom is 0.191 e. The molecule has 98 valence electrons. The summed E-state index contributed by atoms with van der Waals surface area (Å²) in [5.41, 5.74) is 1.28. The van der Waals surface area contributed by atoms with E-state index in [0.717, 1.165) is 25.7 Å². The second-order valence-corrected chi connectivity index (χ2v) is 3.96. The van der Waals surface area contributed by atoms with E-state index < -0.39 is 0 Å². The van der Waals surface area contributed by atoms with E-state index in [4.69, 9.17) is 4.74 Å². The van der Waals surface area contributed by atoms with Gasteiger partial charge in [0.1, 0.15) is 0 Å². The molecule has 0 saturated carbocycles. The van der Waals surface area contributed by atoms with Crippen LogP contribution in [-0.4, -0.2) is 32.8 Å². The van der Waals surface area contributed by atoms with Crippen LogP contribution in [0.2, 0.25) is 0 Å². The molecule has 0 saturated heterocycles. The third-order valence-electron chi connectivity index (χ3n) is 2.01. The van der Waals surface area contributed by atoms with Crippen LogP contribution in [0.4, 0.5) is 0 Å². The van der Waals surface area contributed by atoms with Crippen LogP contribution >= 0.6 is 35.3 Å². The van der Waals surface area contributed by atoms with Crippen LogP contribution in [0.1, 0.15) is 12.5 Å². The van der Waals surface area contributed by atoms with E-state index in [0.29, 0.717) is 6.61 Å². The summed E-state index contributed by atoms with van der Waals surface area (Å²) in [5, 5.41) is 10.6. The average Bonchev–Trinajstić information content (AvgIpc) is 2.81. The zero-order chi connectivity index (χ0) is 11.6. The van der Waals surface area contributed by atoms with Crippen molar-refractivity contribution >= 4 is 41.3 Å². The topological polar surface area (TPSA) is 45.6 Å². The lowest BCUT2D eigenvalue weighted by atomic mass is 10.3. The van der Waals surface area contributed by atoms with Gasteiger partial charge in [-0.1, -0.05) is 0 Å². The van der Waals surface area contributed by atoms with Gasteiger partial charge in [0, 0.05) is 26.7 Å². The van der Waals surface area contributed by atoms with E-state index in [1.807, 2.05) is 6.92 Å². The van der Waals surface area contributed by atoms with Crippen molar-refractivity contribution in [3.05, 3.63) is 22.4 Å². The molecule has 6 heteroatoms. The summed E-state index contributed by atoms with van der Waals surface area (Å²) in [6, 6.07) is 2.10. The average molecular weight is 369 g/mol. The number of hydrogen-bond donors (Lipinski definition) is 2. The van der Waals surface area contributed by atoms with Gasteiger partial charge in [0.25, 0.3) is 0 Å². The number of aliphatic imine (C=N–C) groups is 1. The Morgan fingerprint density at radius 2 is 2.29 bits per heavy atom. The molecule has 0 bridgehead atoms. The van der Waals surface area contributed by atoms with Crippen LogP contribution in [0.15, 0.2) is 21.8 Å². The zero-order valence-electron chi connectivity index (χ0n) is 10.2. The lowest BCUT2D eigenvalue weighted by molar-refractivity contribution is 0.152. The van der Waals surface area contributed by atoms with Crippen molar-refractivity contribution in [2.24, 2.45) is 4.99 Å². The monoisotopic (exact) mass is 369 g/mol. The SMILES string of the molecule is CCOCCNC(=NC)NCc1ccsc1.I. The fraction of sp³-hybridized carbons (Fsp3) is 0.545. The molecule has 0 atom stereocenters. The fourth-order valence-corrected chi connectivity index (χ4v) is 1.85. The first-order valence-electron chi connectivity index (χ1n) is 5.40. The van der Waals surface area contributed by atoms with Crippen LogP contribution in [0, 0.1) is 0 Å². The number of rotatable bonds is 6. The van der Waals surface area contributed by atoms with Gasteiger partial charge in [0.15, 0.2) is 5.96 Å². The molecular weight excluding hydrogens is 349 g/mol. The number of ether oxygens (including phenoxy) is 1. The van der Waals surface area contributed by atoms with Crippen molar-refractivity contribution in [2.75, 3.05) is 26.8 Å². The molecule has 0 aliphatic heterocycles. The molecule has 0 unspecified atom stereocenters. The summed E-state index contributed by atoms with van der Waals surface area (Å²) in [7, 11) is 1.77. The van der Waals surface area contributed by atoms with E-state index in [1.165, 1.54) is 5.56 Å². The maximum atomic E-state index is 5.24. The molecule has 1 rings (SSSR count). The van der Waals surface area contributed by atoms with Crippen LogP contribution in [0.5, 0.6) is 0 Å². The van der Waals surface area contributed by atoms with Gasteiger partial charge in [-0.25, -0.2) is 0 Å². The minimum absolute atomic E-state index is 0. The Kier molecular flexibility index (Phi) is 10.6. The fourth-order valence-electron chi connectivity index (χ4n) is 1.19. The molecule has 4 nitrogen and oxygen atoms in total. The van der Waals surface area contributed by atoms with Crippen molar-refractivity contribution < 1.29 is 4.74 Å². The van der Waals surface area contributed by atoms with Gasteiger partial charge in [0.2, 0.25) is 0 Å². The summed E-state index contributed by atoms with van der Waals surface area (Å²) in [4.78, 5) is 4.13. The van der Waals surface area contributed by atoms with Crippen LogP contribution in [0.3, 0.4) is 0 Å². The Labute approximate surface area is 124 Å². The van der Waals surface area contributed by atoms with Crippen molar-refractivity contribution in [2.45, 2.75) is 13.5 Å². The summed E-state index contributed by atoms with van der Waals surface area (Å²) < 4.78 is 5.24. The molecule has 1 aromatic rings. The number of nitrogens with zero attached hydrogens (tertiary/aromatic N) is 1. The van der Waals surface area contributed by atoms with Crippen LogP contribution < -0.4 is 10.6 Å². The lowest BCUT2D eigenvalue weighted by Gasteiger charge is -2.10. The van der Waals surface area contributed by atoms with Gasteiger partial charge in [0.05, 0.1) is 6.61 Å². The minimum atomic E-state index is 0. The number of nitrogens with one attached hydrogen (secondary N) is 2. The highest BCUT2D eigenvalue weighted by atomic mass is 127. The number of hydrogen-bond acceptors (Lipinski definition) is 3. The predicted molar refractivity (Wildman–Crippen MR) is 84.4 cm³/mol. The predicted octanol–water partition coefficient (Wildman–Crippen LogP) is 2.07. The third-order valence-corrected chi connectivity index (χ3v) is 2.74. The Bertz CT molecular complexity index is 304. The quantitative estimate of drug-likeness (QED) is 0.349. The molecule has 0 amide bonds. The standard InChI is InChI=1S/C11H19N3OS.HI/c1-3-15-6-5-13-11(12-2)14-8-10-4-7-16-9-10;/h4,7,9H,3,5-6,8H2,1-2H3,(H2,12,13,14);1H. The molecule has 0 radical (unpaired) electrons. The molecule has 0 aliphatic rings. The summed E-state index contributed by atoms with van der Waals surface area (Å²) >= 11 is 1.70. The van der Waals surface area contributed by atoms with Gasteiger partial charge < -0.3 is 15.4 Å². The van der Waals surface area contributed by atoms with Crippen molar-refractivity contribution in [1.82, 2.24) is 10.6 Å². The number of thiophene rings is 1.